The average Bonchev–Trinajstić information content (AvgIpc) is 3.12. The number of rotatable bonds is 2. The van der Waals surface area contributed by atoms with Gasteiger partial charge in [0.05, 0.1) is 5.56 Å². The van der Waals surface area contributed by atoms with E-state index in [1.165, 1.54) is 16.7 Å². The first-order chi connectivity index (χ1) is 13.8. The van der Waals surface area contributed by atoms with E-state index in [0.29, 0.717) is 0 Å². The highest BCUT2D eigenvalue weighted by atomic mass is 32.1. The monoisotopic (exact) mass is 399 g/mol. The lowest BCUT2D eigenvalue weighted by atomic mass is 9.73. The second kappa shape index (κ2) is 7.35. The van der Waals surface area contributed by atoms with Crippen molar-refractivity contribution in [1.82, 2.24) is 4.98 Å². The van der Waals surface area contributed by atoms with Crippen molar-refractivity contribution in [3.8, 4) is 11.8 Å². The number of aromatic nitrogens is 1. The zero-order valence-electron chi connectivity index (χ0n) is 16.6. The van der Waals surface area contributed by atoms with Crippen molar-refractivity contribution < 1.29 is 9.90 Å². The van der Waals surface area contributed by atoms with E-state index in [4.69, 9.17) is 10.1 Å². The molecule has 0 unspecified atom stereocenters. The largest absolute Gasteiger partial charge is 0.478 e. The number of carbonyl (C=O) groups is 1. The van der Waals surface area contributed by atoms with Gasteiger partial charge in [-0.1, -0.05) is 37.8 Å². The van der Waals surface area contributed by atoms with Crippen LogP contribution in [0.1, 0.15) is 63.6 Å². The van der Waals surface area contributed by atoms with Crippen molar-refractivity contribution in [2.75, 3.05) is 0 Å². The maximum Gasteiger partial charge on any atom is 0.335 e. The first kappa shape index (κ1) is 19.2. The lowest BCUT2D eigenvalue weighted by molar-refractivity contribution is 0.0697. The molecular weight excluding hydrogens is 378 g/mol. The van der Waals surface area contributed by atoms with Crippen LogP contribution < -0.4 is 0 Å². The number of fused-ring (bicyclic) bond motifs is 1. The molecule has 0 bridgehead atoms. The van der Waals surface area contributed by atoms with Crippen molar-refractivity contribution in [2.45, 2.75) is 32.6 Å². The van der Waals surface area contributed by atoms with Crippen molar-refractivity contribution in [3.63, 3.8) is 0 Å². The Labute approximate surface area is 174 Å². The predicted molar refractivity (Wildman–Crippen MR) is 117 cm³/mol. The Morgan fingerprint density at radius 3 is 2.45 bits per heavy atom. The molecule has 1 aliphatic carbocycles. The Kier molecular flexibility index (Phi) is 4.86. The molecule has 2 aromatic carbocycles. The third kappa shape index (κ3) is 3.87. The van der Waals surface area contributed by atoms with Gasteiger partial charge >= 0.3 is 5.97 Å². The van der Waals surface area contributed by atoms with Crippen molar-refractivity contribution in [1.29, 1.82) is 0 Å². The second-order valence-corrected chi connectivity index (χ2v) is 8.75. The fourth-order valence-electron chi connectivity index (χ4n) is 3.53. The van der Waals surface area contributed by atoms with E-state index in [-0.39, 0.29) is 11.0 Å². The number of allylic oxidation sites excluding steroid dienone is 1. The highest BCUT2D eigenvalue weighted by Crippen LogP contribution is 2.42. The first-order valence-corrected chi connectivity index (χ1v) is 10.3. The molecule has 144 valence electrons. The van der Waals surface area contributed by atoms with Crippen LogP contribution in [0.4, 0.5) is 0 Å². The van der Waals surface area contributed by atoms with Gasteiger partial charge in [-0.3, -0.25) is 0 Å². The Bertz CT molecular complexity index is 1190. The lowest BCUT2D eigenvalue weighted by Crippen LogP contribution is -2.21. The van der Waals surface area contributed by atoms with Gasteiger partial charge in [0.15, 0.2) is 0 Å². The summed E-state index contributed by atoms with van der Waals surface area (Å²) in [4.78, 5) is 15.7. The molecule has 0 saturated heterocycles. The number of nitrogens with zero attached hydrogens (tertiary/aromatic N) is 1. The number of aromatic carboxylic acids is 1. The second-order valence-electron chi connectivity index (χ2n) is 7.89. The summed E-state index contributed by atoms with van der Waals surface area (Å²) >= 11 is 1.68. The number of hydrogen-bond donors (Lipinski definition) is 1. The van der Waals surface area contributed by atoms with Gasteiger partial charge in [-0.2, -0.15) is 0 Å². The third-order valence-electron chi connectivity index (χ3n) is 5.19. The molecule has 3 nitrogen and oxygen atoms in total. The van der Waals surface area contributed by atoms with Gasteiger partial charge in [-0.05, 0) is 66.3 Å². The topological polar surface area (TPSA) is 50.2 Å². The summed E-state index contributed by atoms with van der Waals surface area (Å²) in [5.41, 5.74) is 6.80. The maximum absolute atomic E-state index is 11.0. The zero-order valence-corrected chi connectivity index (χ0v) is 17.4. The molecule has 0 saturated carbocycles. The molecule has 1 N–H and O–H groups in total. The molecule has 29 heavy (non-hydrogen) atoms. The van der Waals surface area contributed by atoms with Crippen LogP contribution in [0.15, 0.2) is 53.9 Å². The predicted octanol–water partition coefficient (Wildman–Crippen LogP) is 5.66. The number of thiazole rings is 1. The lowest BCUT2D eigenvalue weighted by Gasteiger charge is -2.31. The van der Waals surface area contributed by atoms with Gasteiger partial charge < -0.3 is 5.11 Å². The quantitative estimate of drug-likeness (QED) is 0.566. The van der Waals surface area contributed by atoms with Crippen LogP contribution >= 0.6 is 11.3 Å². The number of carboxylic acid groups (broad SMARTS) is 1. The number of hydrogen-bond acceptors (Lipinski definition) is 3. The van der Waals surface area contributed by atoms with Crippen LogP contribution in [0.3, 0.4) is 0 Å². The van der Waals surface area contributed by atoms with E-state index in [9.17, 15) is 4.79 Å². The highest BCUT2D eigenvalue weighted by molar-refractivity contribution is 7.10. The van der Waals surface area contributed by atoms with Crippen molar-refractivity contribution in [2.24, 2.45) is 0 Å². The fraction of sp³-hybridized carbons (Fsp3) is 0.200. The van der Waals surface area contributed by atoms with Gasteiger partial charge in [-0.25, -0.2) is 9.78 Å². The number of aryl methyl sites for hydroxylation is 1. The van der Waals surface area contributed by atoms with Crippen LogP contribution in [0.5, 0.6) is 0 Å². The maximum atomic E-state index is 11.0. The van der Waals surface area contributed by atoms with Crippen molar-refractivity contribution in [3.05, 3.63) is 92.4 Å². The molecule has 1 aliphatic rings. The smallest absolute Gasteiger partial charge is 0.335 e. The Morgan fingerprint density at radius 2 is 1.79 bits per heavy atom. The minimum absolute atomic E-state index is 0.0732. The molecule has 0 fully saturated rings. The van der Waals surface area contributed by atoms with E-state index in [2.05, 4.69) is 55.3 Å². The van der Waals surface area contributed by atoms with E-state index >= 15 is 0 Å². The number of carboxylic acids is 1. The van der Waals surface area contributed by atoms with Gasteiger partial charge in [0, 0.05) is 27.8 Å². The molecule has 0 amide bonds. The van der Waals surface area contributed by atoms with Crippen LogP contribution in [-0.2, 0) is 5.41 Å². The molecular formula is C25H21NO2S. The zero-order chi connectivity index (χ0) is 20.6. The summed E-state index contributed by atoms with van der Waals surface area (Å²) in [6.45, 7) is 6.55. The van der Waals surface area contributed by atoms with Gasteiger partial charge in [0.2, 0.25) is 0 Å². The summed E-state index contributed by atoms with van der Waals surface area (Å²) in [5.74, 6) is 5.43. The molecule has 1 aromatic heterocycles. The minimum Gasteiger partial charge on any atom is -0.478 e. The first-order valence-electron chi connectivity index (χ1n) is 9.46. The van der Waals surface area contributed by atoms with Crippen molar-refractivity contribution >= 4 is 22.9 Å². The van der Waals surface area contributed by atoms with Gasteiger partial charge in [-0.15, -0.1) is 11.3 Å². The summed E-state index contributed by atoms with van der Waals surface area (Å²) in [6.07, 6.45) is 3.28. The molecule has 0 spiro atoms. The summed E-state index contributed by atoms with van der Waals surface area (Å²) < 4.78 is 0. The Balaban J connectivity index is 1.72. The van der Waals surface area contributed by atoms with Gasteiger partial charge in [0.1, 0.15) is 5.01 Å². The molecule has 1 heterocycles. The molecule has 0 aliphatic heterocycles. The highest BCUT2D eigenvalue weighted by Gasteiger charge is 2.29. The average molecular weight is 400 g/mol. The van der Waals surface area contributed by atoms with Crippen LogP contribution in [-0.4, -0.2) is 16.1 Å². The van der Waals surface area contributed by atoms with Crippen LogP contribution in [0.2, 0.25) is 0 Å². The van der Waals surface area contributed by atoms with E-state index < -0.39 is 5.97 Å². The molecule has 4 heteroatoms. The molecule has 3 aromatic rings. The molecule has 0 atom stereocenters. The molecule has 4 rings (SSSR count). The molecule has 0 radical (unpaired) electrons. The minimum atomic E-state index is -0.932. The fourth-order valence-corrected chi connectivity index (χ4v) is 4.38. The summed E-state index contributed by atoms with van der Waals surface area (Å²) in [5, 5.41) is 12.1. The van der Waals surface area contributed by atoms with Crippen LogP contribution in [0.25, 0.3) is 5.57 Å². The SMILES string of the molecule is Cc1csc(C2=CCC(C)(C)c3ccc(C#Cc4ccc(C(=O)O)cc4)cc32)n1. The van der Waals surface area contributed by atoms with E-state index in [1.54, 1.807) is 35.6 Å². The normalized spacial score (nSPS) is 14.4. The van der Waals surface area contributed by atoms with E-state index in [0.717, 1.165) is 28.2 Å². The summed E-state index contributed by atoms with van der Waals surface area (Å²) in [7, 11) is 0. The number of benzene rings is 2. The van der Waals surface area contributed by atoms with Gasteiger partial charge in [0.25, 0.3) is 0 Å². The summed E-state index contributed by atoms with van der Waals surface area (Å²) in [6, 6.07) is 13.0. The Morgan fingerprint density at radius 1 is 1.10 bits per heavy atom. The third-order valence-corrected chi connectivity index (χ3v) is 6.18. The van der Waals surface area contributed by atoms with E-state index in [1.807, 2.05) is 6.92 Å². The standard InChI is InChI=1S/C25H21NO2S/c1-16-15-29-23(26-16)20-12-13-25(2,3)22-11-8-18(14-21(20)22)5-4-17-6-9-19(10-7-17)24(27)28/h6-12,14-15H,13H2,1-3H3,(H,27,28). The Hall–Kier alpha value is -3.16. The van der Waals surface area contributed by atoms with Crippen LogP contribution in [0, 0.1) is 18.8 Å².